The second-order valence-corrected chi connectivity index (χ2v) is 10.7. The van der Waals surface area contributed by atoms with Crippen molar-refractivity contribution < 1.29 is 4.39 Å². The number of imidazole rings is 1. The van der Waals surface area contributed by atoms with E-state index in [1.807, 2.05) is 18.2 Å². The Bertz CT molecular complexity index is 1840. The number of H-pyrrole nitrogens is 1. The SMILES string of the molecule is C=C/C(=C\C(=C/C)c1ccc([C@@H](C)CC)c(C(=NC)c2nc3c(-c4cccc(F)c4)cncc3[nH]2)c1)Cc1ccccc1. The van der Waals surface area contributed by atoms with Crippen LogP contribution in [-0.2, 0) is 6.42 Å². The lowest BCUT2D eigenvalue weighted by molar-refractivity contribution is 0.628. The van der Waals surface area contributed by atoms with Gasteiger partial charge in [0.2, 0.25) is 0 Å². The second kappa shape index (κ2) is 13.4. The zero-order valence-corrected chi connectivity index (χ0v) is 25.2. The molecule has 43 heavy (non-hydrogen) atoms. The van der Waals surface area contributed by atoms with Crippen LogP contribution in [0.3, 0.4) is 0 Å². The molecule has 1 atom stereocenters. The molecule has 0 bridgehead atoms. The number of pyridine rings is 1. The van der Waals surface area contributed by atoms with Gasteiger partial charge in [0.25, 0.3) is 0 Å². The highest BCUT2D eigenvalue weighted by atomic mass is 19.1. The maximum atomic E-state index is 14.1. The number of halogens is 1. The maximum absolute atomic E-state index is 14.1. The summed E-state index contributed by atoms with van der Waals surface area (Å²) < 4.78 is 14.1. The molecule has 0 saturated carbocycles. The number of hydrogen-bond acceptors (Lipinski definition) is 3. The van der Waals surface area contributed by atoms with Crippen LogP contribution in [0.4, 0.5) is 4.39 Å². The van der Waals surface area contributed by atoms with Crippen molar-refractivity contribution in [2.24, 2.45) is 4.99 Å². The molecule has 2 aromatic heterocycles. The third-order valence-electron chi connectivity index (χ3n) is 7.93. The number of hydrogen-bond donors (Lipinski definition) is 1. The van der Waals surface area contributed by atoms with Gasteiger partial charge in [-0.3, -0.25) is 9.98 Å². The molecule has 216 valence electrons. The molecule has 5 heteroatoms. The van der Waals surface area contributed by atoms with E-state index in [4.69, 9.17) is 9.98 Å². The van der Waals surface area contributed by atoms with Gasteiger partial charge in [0.05, 0.1) is 17.2 Å². The van der Waals surface area contributed by atoms with E-state index in [2.05, 4.69) is 91.9 Å². The molecule has 0 unspecified atom stereocenters. The fourth-order valence-electron chi connectivity index (χ4n) is 5.40. The van der Waals surface area contributed by atoms with Gasteiger partial charge in [0, 0.05) is 24.4 Å². The average molecular weight is 569 g/mol. The van der Waals surface area contributed by atoms with Gasteiger partial charge in [-0.05, 0) is 77.3 Å². The van der Waals surface area contributed by atoms with Crippen molar-refractivity contribution in [2.75, 3.05) is 7.05 Å². The first-order valence-corrected chi connectivity index (χ1v) is 14.7. The summed E-state index contributed by atoms with van der Waals surface area (Å²) in [6.45, 7) is 10.6. The molecule has 5 rings (SSSR count). The van der Waals surface area contributed by atoms with Gasteiger partial charge in [-0.1, -0.05) is 93.3 Å². The number of allylic oxidation sites excluding steroid dienone is 5. The van der Waals surface area contributed by atoms with Gasteiger partial charge in [-0.25, -0.2) is 9.37 Å². The topological polar surface area (TPSA) is 53.9 Å². The minimum atomic E-state index is -0.298. The Balaban J connectivity index is 1.60. The van der Waals surface area contributed by atoms with Crippen LogP contribution in [0, 0.1) is 5.82 Å². The van der Waals surface area contributed by atoms with Gasteiger partial charge in [-0.15, -0.1) is 0 Å². The standard InChI is InChI=1S/C38H37FN4/c1-6-25(4)32-18-17-29(28(8-3)20-26(7-2)19-27-13-10-9-11-14-27)22-33(32)37(40-5)38-42-35-24-41-23-34(36(35)43-38)30-15-12-16-31(39)21-30/h7-18,20-25H,2,6,19H2,1,3-5H3,(H,42,43)/b26-20+,28-8+,40-37?/t25-/m0/s1. The van der Waals surface area contributed by atoms with E-state index >= 15 is 0 Å². The van der Waals surface area contributed by atoms with Crippen molar-refractivity contribution in [1.82, 2.24) is 15.0 Å². The molecule has 0 saturated heterocycles. The fourth-order valence-corrected chi connectivity index (χ4v) is 5.40. The highest BCUT2D eigenvalue weighted by molar-refractivity contribution is 6.13. The van der Waals surface area contributed by atoms with Gasteiger partial charge in [-0.2, -0.15) is 0 Å². The average Bonchev–Trinajstić information content (AvgIpc) is 3.47. The van der Waals surface area contributed by atoms with Crippen molar-refractivity contribution in [2.45, 2.75) is 39.5 Å². The Labute approximate surface area is 253 Å². The Morgan fingerprint density at radius 3 is 2.56 bits per heavy atom. The largest absolute Gasteiger partial charge is 0.335 e. The zero-order valence-electron chi connectivity index (χ0n) is 25.2. The normalized spacial score (nSPS) is 13.4. The van der Waals surface area contributed by atoms with Crippen LogP contribution in [-0.4, -0.2) is 27.7 Å². The summed E-state index contributed by atoms with van der Waals surface area (Å²) in [5.74, 6) is 0.674. The summed E-state index contributed by atoms with van der Waals surface area (Å²) in [4.78, 5) is 17.6. The molecular weight excluding hydrogens is 531 g/mol. The maximum Gasteiger partial charge on any atom is 0.157 e. The molecule has 0 radical (unpaired) electrons. The van der Waals surface area contributed by atoms with Crippen molar-refractivity contribution in [1.29, 1.82) is 0 Å². The smallest absolute Gasteiger partial charge is 0.157 e. The van der Waals surface area contributed by atoms with Gasteiger partial charge >= 0.3 is 0 Å². The molecule has 0 aliphatic heterocycles. The molecular formula is C38H37FN4. The highest BCUT2D eigenvalue weighted by Crippen LogP contribution is 2.31. The third kappa shape index (κ3) is 6.46. The Morgan fingerprint density at radius 1 is 1.05 bits per heavy atom. The molecule has 0 spiro atoms. The number of fused-ring (bicyclic) bond motifs is 1. The molecule has 0 fully saturated rings. The summed E-state index contributed by atoms with van der Waals surface area (Å²) >= 11 is 0. The van der Waals surface area contributed by atoms with Crippen LogP contribution in [0.25, 0.3) is 27.7 Å². The Hall–Kier alpha value is -4.90. The monoisotopic (exact) mass is 568 g/mol. The minimum absolute atomic E-state index is 0.298. The van der Waals surface area contributed by atoms with Gasteiger partial charge in [0.15, 0.2) is 5.82 Å². The molecule has 0 aliphatic rings. The predicted octanol–water partition coefficient (Wildman–Crippen LogP) is 9.50. The van der Waals surface area contributed by atoms with Crippen LogP contribution in [0.1, 0.15) is 61.2 Å². The number of rotatable bonds is 10. The van der Waals surface area contributed by atoms with Gasteiger partial charge in [0.1, 0.15) is 11.5 Å². The van der Waals surface area contributed by atoms with E-state index in [0.29, 0.717) is 11.7 Å². The first kappa shape index (κ1) is 29.6. The van der Waals surface area contributed by atoms with E-state index in [-0.39, 0.29) is 5.82 Å². The van der Waals surface area contributed by atoms with E-state index in [1.165, 1.54) is 23.3 Å². The van der Waals surface area contributed by atoms with Crippen LogP contribution < -0.4 is 0 Å². The van der Waals surface area contributed by atoms with E-state index < -0.39 is 0 Å². The lowest BCUT2D eigenvalue weighted by Crippen LogP contribution is -2.11. The van der Waals surface area contributed by atoms with Crippen molar-refractivity contribution in [3.8, 4) is 11.1 Å². The number of aliphatic imine (C=N–C) groups is 1. The Morgan fingerprint density at radius 2 is 1.86 bits per heavy atom. The van der Waals surface area contributed by atoms with E-state index in [0.717, 1.165) is 63.0 Å². The van der Waals surface area contributed by atoms with E-state index in [1.54, 1.807) is 25.5 Å². The summed E-state index contributed by atoms with van der Waals surface area (Å²) in [5.41, 5.74) is 10.6. The first-order valence-electron chi connectivity index (χ1n) is 14.7. The van der Waals surface area contributed by atoms with Crippen LogP contribution in [0.15, 0.2) is 121 Å². The molecule has 3 aromatic carbocycles. The number of nitrogens with zero attached hydrogens (tertiary/aromatic N) is 3. The van der Waals surface area contributed by atoms with Crippen LogP contribution in [0.5, 0.6) is 0 Å². The van der Waals surface area contributed by atoms with E-state index in [9.17, 15) is 4.39 Å². The number of nitrogens with one attached hydrogen (secondary N) is 1. The lowest BCUT2D eigenvalue weighted by Gasteiger charge is -2.18. The molecule has 5 aromatic rings. The summed E-state index contributed by atoms with van der Waals surface area (Å²) in [7, 11) is 1.80. The lowest BCUT2D eigenvalue weighted by atomic mass is 9.88. The summed E-state index contributed by atoms with van der Waals surface area (Å²) in [5, 5.41) is 0. The molecule has 4 nitrogen and oxygen atoms in total. The Kier molecular flexibility index (Phi) is 9.21. The quantitative estimate of drug-likeness (QED) is 0.135. The first-order chi connectivity index (χ1) is 20.9. The van der Waals surface area contributed by atoms with Crippen molar-refractivity contribution in [3.63, 3.8) is 0 Å². The highest BCUT2D eigenvalue weighted by Gasteiger charge is 2.20. The number of aromatic nitrogens is 3. The number of aromatic amines is 1. The third-order valence-corrected chi connectivity index (χ3v) is 7.93. The zero-order chi connectivity index (χ0) is 30.3. The van der Waals surface area contributed by atoms with Crippen LogP contribution >= 0.6 is 0 Å². The van der Waals surface area contributed by atoms with Crippen molar-refractivity contribution in [3.05, 3.63) is 149 Å². The molecule has 2 heterocycles. The van der Waals surface area contributed by atoms with Gasteiger partial charge < -0.3 is 4.98 Å². The molecule has 0 amide bonds. The van der Waals surface area contributed by atoms with Crippen LogP contribution in [0.2, 0.25) is 0 Å². The molecule has 1 N–H and O–H groups in total. The predicted molar refractivity (Wildman–Crippen MR) is 178 cm³/mol. The summed E-state index contributed by atoms with van der Waals surface area (Å²) in [6.07, 6.45) is 11.6. The fraction of sp³-hybridized carbons (Fsp3) is 0.184. The summed E-state index contributed by atoms with van der Waals surface area (Å²) in [6, 6.07) is 23.6. The molecule has 0 aliphatic carbocycles. The van der Waals surface area contributed by atoms with Crippen molar-refractivity contribution >= 4 is 22.3 Å². The second-order valence-electron chi connectivity index (χ2n) is 10.7. The number of benzene rings is 3. The minimum Gasteiger partial charge on any atom is -0.335 e.